The van der Waals surface area contributed by atoms with Gasteiger partial charge in [-0.05, 0) is 24.5 Å². The van der Waals surface area contributed by atoms with E-state index in [0.717, 1.165) is 24.1 Å². The largest absolute Gasteiger partial charge is 0.315 e. The van der Waals surface area contributed by atoms with Gasteiger partial charge in [-0.2, -0.15) is 0 Å². The van der Waals surface area contributed by atoms with E-state index < -0.39 is 11.8 Å². The van der Waals surface area contributed by atoms with Crippen LogP contribution in [0.15, 0.2) is 54.6 Å². The summed E-state index contributed by atoms with van der Waals surface area (Å²) in [4.78, 5) is 41.0. The predicted octanol–water partition coefficient (Wildman–Crippen LogP) is 4.01. The Bertz CT molecular complexity index is 890. The number of anilines is 1. The second-order valence-electron chi connectivity index (χ2n) is 7.51. The highest BCUT2D eigenvalue weighted by Crippen LogP contribution is 2.46. The summed E-state index contributed by atoms with van der Waals surface area (Å²) >= 11 is 0. The normalized spacial score (nSPS) is 23.2. The van der Waals surface area contributed by atoms with Crippen molar-refractivity contribution in [1.82, 2.24) is 0 Å². The maximum absolute atomic E-state index is 13.5. The van der Waals surface area contributed by atoms with Crippen molar-refractivity contribution < 1.29 is 14.4 Å². The van der Waals surface area contributed by atoms with E-state index in [0.29, 0.717) is 18.4 Å². The predicted molar refractivity (Wildman–Crippen MR) is 104 cm³/mol. The molecule has 0 unspecified atom stereocenters. The second-order valence-corrected chi connectivity index (χ2v) is 7.51. The number of Topliss-reactive ketones (excluding diaryl/α,β-unsaturated/α-hetero) is 2. The third-order valence-corrected chi connectivity index (χ3v) is 5.99. The molecule has 2 aliphatic rings. The SMILES string of the molecule is CN1C(=O)[C@@H]([C@H](C(=O)c2ccccc2)[C@@H]2CCCCC2=O)c2ccccc21. The number of rotatable bonds is 4. The zero-order chi connectivity index (χ0) is 19.0. The van der Waals surface area contributed by atoms with E-state index in [4.69, 9.17) is 0 Å². The Kier molecular flexibility index (Phi) is 4.65. The summed E-state index contributed by atoms with van der Waals surface area (Å²) in [6.07, 6.45) is 2.98. The van der Waals surface area contributed by atoms with E-state index in [1.165, 1.54) is 0 Å². The minimum atomic E-state index is -0.640. The van der Waals surface area contributed by atoms with Crippen molar-refractivity contribution in [3.63, 3.8) is 0 Å². The zero-order valence-electron chi connectivity index (χ0n) is 15.4. The summed E-state index contributed by atoms with van der Waals surface area (Å²) in [6, 6.07) is 16.7. The molecular weight excluding hydrogens is 338 g/mol. The molecule has 4 heteroatoms. The fraction of sp³-hybridized carbons (Fsp3) is 0.348. The maximum atomic E-state index is 13.5. The highest BCUT2D eigenvalue weighted by atomic mass is 16.2. The van der Waals surface area contributed by atoms with Crippen LogP contribution in [-0.2, 0) is 9.59 Å². The monoisotopic (exact) mass is 361 g/mol. The lowest BCUT2D eigenvalue weighted by Gasteiger charge is -2.31. The molecule has 0 bridgehead atoms. The third kappa shape index (κ3) is 2.99. The molecule has 1 aliphatic heterocycles. The molecule has 1 saturated carbocycles. The van der Waals surface area contributed by atoms with Crippen molar-refractivity contribution in [2.75, 3.05) is 11.9 Å². The summed E-state index contributed by atoms with van der Waals surface area (Å²) in [6.45, 7) is 0. The molecule has 1 aliphatic carbocycles. The van der Waals surface area contributed by atoms with E-state index in [9.17, 15) is 14.4 Å². The number of hydrogen-bond donors (Lipinski definition) is 0. The Morgan fingerprint density at radius 1 is 1.00 bits per heavy atom. The molecule has 27 heavy (non-hydrogen) atoms. The summed E-state index contributed by atoms with van der Waals surface area (Å²) in [5, 5.41) is 0. The molecule has 0 N–H and O–H groups in total. The molecule has 3 atom stereocenters. The van der Waals surface area contributed by atoms with Crippen LogP contribution in [-0.4, -0.2) is 24.5 Å². The number of likely N-dealkylation sites (N-methyl/N-ethyl adjacent to an activating group) is 1. The summed E-state index contributed by atoms with van der Waals surface area (Å²) in [7, 11) is 1.74. The molecule has 1 amide bonds. The number of carbonyl (C=O) groups is 3. The van der Waals surface area contributed by atoms with Crippen LogP contribution >= 0.6 is 0 Å². The summed E-state index contributed by atoms with van der Waals surface area (Å²) in [5.41, 5.74) is 2.26. The molecule has 0 radical (unpaired) electrons. The van der Waals surface area contributed by atoms with Crippen molar-refractivity contribution in [1.29, 1.82) is 0 Å². The fourth-order valence-corrected chi connectivity index (χ4v) is 4.61. The van der Waals surface area contributed by atoms with Gasteiger partial charge in [0.2, 0.25) is 5.91 Å². The van der Waals surface area contributed by atoms with Gasteiger partial charge in [-0.1, -0.05) is 55.0 Å². The first kappa shape index (κ1) is 17.7. The van der Waals surface area contributed by atoms with Gasteiger partial charge < -0.3 is 4.90 Å². The van der Waals surface area contributed by atoms with E-state index >= 15 is 0 Å². The first-order valence-electron chi connectivity index (χ1n) is 9.58. The molecule has 4 rings (SSSR count). The van der Waals surface area contributed by atoms with Gasteiger partial charge in [0.15, 0.2) is 5.78 Å². The number of benzene rings is 2. The highest BCUT2D eigenvalue weighted by Gasteiger charge is 2.48. The van der Waals surface area contributed by atoms with Gasteiger partial charge in [-0.3, -0.25) is 14.4 Å². The minimum absolute atomic E-state index is 0.0937. The number of hydrogen-bond acceptors (Lipinski definition) is 3. The number of ketones is 2. The number of fused-ring (bicyclic) bond motifs is 1. The first-order valence-corrected chi connectivity index (χ1v) is 9.58. The van der Waals surface area contributed by atoms with E-state index in [1.807, 2.05) is 42.5 Å². The lowest BCUT2D eigenvalue weighted by Crippen LogP contribution is -2.40. The van der Waals surface area contributed by atoms with Crippen LogP contribution in [0.1, 0.15) is 47.5 Å². The number of amides is 1. The number of nitrogens with zero attached hydrogens (tertiary/aromatic N) is 1. The lowest BCUT2D eigenvalue weighted by molar-refractivity contribution is -0.127. The number of para-hydroxylation sites is 1. The van der Waals surface area contributed by atoms with Gasteiger partial charge in [0.1, 0.15) is 5.78 Å². The molecule has 1 heterocycles. The van der Waals surface area contributed by atoms with Crippen LogP contribution < -0.4 is 4.90 Å². The molecule has 0 saturated heterocycles. The van der Waals surface area contributed by atoms with Crippen LogP contribution in [0.2, 0.25) is 0 Å². The average Bonchev–Trinajstić information content (AvgIpc) is 2.96. The minimum Gasteiger partial charge on any atom is -0.315 e. The fourth-order valence-electron chi connectivity index (χ4n) is 4.61. The van der Waals surface area contributed by atoms with E-state index in [-0.39, 0.29) is 23.4 Å². The van der Waals surface area contributed by atoms with Crippen molar-refractivity contribution in [2.45, 2.75) is 31.6 Å². The van der Waals surface area contributed by atoms with Gasteiger partial charge in [-0.15, -0.1) is 0 Å². The third-order valence-electron chi connectivity index (χ3n) is 5.99. The van der Waals surface area contributed by atoms with Gasteiger partial charge in [0.25, 0.3) is 0 Å². The molecule has 138 valence electrons. The first-order chi connectivity index (χ1) is 13.1. The Hall–Kier alpha value is -2.75. The zero-order valence-corrected chi connectivity index (χ0v) is 15.4. The van der Waals surface area contributed by atoms with Crippen molar-refractivity contribution >= 4 is 23.2 Å². The van der Waals surface area contributed by atoms with Crippen molar-refractivity contribution in [3.8, 4) is 0 Å². The van der Waals surface area contributed by atoms with E-state index in [2.05, 4.69) is 0 Å². The van der Waals surface area contributed by atoms with Gasteiger partial charge >= 0.3 is 0 Å². The second kappa shape index (κ2) is 7.10. The van der Waals surface area contributed by atoms with Gasteiger partial charge in [-0.25, -0.2) is 0 Å². The summed E-state index contributed by atoms with van der Waals surface area (Å²) < 4.78 is 0. The standard InChI is InChI=1S/C23H23NO3/c1-24-18-13-7-5-11-16(18)21(23(24)27)20(17-12-6-8-14-19(17)25)22(26)15-9-3-2-4-10-15/h2-5,7,9-11,13,17,20-21H,6,8,12,14H2,1H3/t17-,20-,21-/m1/s1. The van der Waals surface area contributed by atoms with Crippen LogP contribution in [0, 0.1) is 11.8 Å². The van der Waals surface area contributed by atoms with Crippen molar-refractivity contribution in [2.24, 2.45) is 11.8 Å². The Morgan fingerprint density at radius 3 is 2.44 bits per heavy atom. The molecule has 2 aromatic rings. The highest BCUT2D eigenvalue weighted by molar-refractivity contribution is 6.11. The molecule has 0 spiro atoms. The maximum Gasteiger partial charge on any atom is 0.235 e. The topological polar surface area (TPSA) is 54.5 Å². The van der Waals surface area contributed by atoms with Crippen LogP contribution in [0.5, 0.6) is 0 Å². The van der Waals surface area contributed by atoms with Gasteiger partial charge in [0.05, 0.1) is 5.92 Å². The lowest BCUT2D eigenvalue weighted by atomic mass is 9.69. The van der Waals surface area contributed by atoms with Gasteiger partial charge in [0, 0.05) is 36.6 Å². The Morgan fingerprint density at radius 2 is 1.70 bits per heavy atom. The van der Waals surface area contributed by atoms with Crippen LogP contribution in [0.3, 0.4) is 0 Å². The van der Waals surface area contributed by atoms with Crippen molar-refractivity contribution in [3.05, 3.63) is 65.7 Å². The smallest absolute Gasteiger partial charge is 0.235 e. The number of carbonyl (C=O) groups excluding carboxylic acids is 3. The van der Waals surface area contributed by atoms with Crippen LogP contribution in [0.25, 0.3) is 0 Å². The Balaban J connectivity index is 1.82. The molecular formula is C23H23NO3. The molecule has 0 aromatic heterocycles. The van der Waals surface area contributed by atoms with E-state index in [1.54, 1.807) is 24.1 Å². The van der Waals surface area contributed by atoms with Crippen LogP contribution in [0.4, 0.5) is 5.69 Å². The average molecular weight is 361 g/mol. The molecule has 4 nitrogen and oxygen atoms in total. The quantitative estimate of drug-likeness (QED) is 0.773. The molecule has 2 aromatic carbocycles. The molecule has 1 fully saturated rings. The Labute approximate surface area is 159 Å². The summed E-state index contributed by atoms with van der Waals surface area (Å²) in [5.74, 6) is -1.69.